The molecule has 2 heteroatoms. The van der Waals surface area contributed by atoms with E-state index in [4.69, 9.17) is 4.74 Å². The van der Waals surface area contributed by atoms with Gasteiger partial charge in [0.25, 0.3) is 0 Å². The molecular weight excluding hydrogens is 176 g/mol. The minimum absolute atomic E-state index is 0.00503. The van der Waals surface area contributed by atoms with Crippen molar-refractivity contribution in [3.63, 3.8) is 0 Å². The quantitative estimate of drug-likeness (QED) is 0.603. The summed E-state index contributed by atoms with van der Waals surface area (Å²) in [5.41, 5.74) is 0. The molecule has 1 aliphatic carbocycles. The minimum Gasteiger partial charge on any atom is -0.465 e. The van der Waals surface area contributed by atoms with Crippen molar-refractivity contribution in [3.8, 4) is 0 Å². The molecule has 0 bridgehead atoms. The summed E-state index contributed by atoms with van der Waals surface area (Å²) < 4.78 is 5.13. The van der Waals surface area contributed by atoms with Crippen LogP contribution in [0.3, 0.4) is 0 Å². The minimum atomic E-state index is 0.00503. The van der Waals surface area contributed by atoms with E-state index in [-0.39, 0.29) is 5.97 Å². The average molecular weight is 196 g/mol. The van der Waals surface area contributed by atoms with Crippen molar-refractivity contribution in [3.05, 3.63) is 0 Å². The zero-order chi connectivity index (χ0) is 9.97. The lowest BCUT2D eigenvalue weighted by atomic mass is 9.75. The van der Waals surface area contributed by atoms with E-state index in [0.717, 1.165) is 18.3 Å². The molecule has 1 saturated heterocycles. The number of cyclic esters (lactones) is 1. The van der Waals surface area contributed by atoms with Gasteiger partial charge in [0.05, 0.1) is 6.61 Å². The van der Waals surface area contributed by atoms with Crippen LogP contribution in [0.25, 0.3) is 0 Å². The largest absolute Gasteiger partial charge is 0.465 e. The Kier molecular flexibility index (Phi) is 3.09. The normalized spacial score (nSPS) is 39.2. The molecule has 80 valence electrons. The zero-order valence-electron chi connectivity index (χ0n) is 9.00. The van der Waals surface area contributed by atoms with Crippen molar-refractivity contribution < 1.29 is 9.53 Å². The Morgan fingerprint density at radius 2 is 1.79 bits per heavy atom. The van der Waals surface area contributed by atoms with Crippen molar-refractivity contribution in [2.24, 2.45) is 17.8 Å². The lowest BCUT2D eigenvalue weighted by Crippen LogP contribution is -2.30. The highest BCUT2D eigenvalue weighted by molar-refractivity contribution is 5.69. The van der Waals surface area contributed by atoms with Gasteiger partial charge in [0.1, 0.15) is 0 Å². The standard InChI is InChI=1S/C12H20O2/c1-9-2-4-10(5-3-9)11-6-7-12(13)14-8-11/h9-11H,2-8H2,1H3. The lowest BCUT2D eigenvalue weighted by Gasteiger charge is -2.34. The van der Waals surface area contributed by atoms with Gasteiger partial charge in [-0.2, -0.15) is 0 Å². The molecule has 2 rings (SSSR count). The Balaban J connectivity index is 1.81. The number of carbonyl (C=O) groups excluding carboxylic acids is 1. The third-order valence-electron chi connectivity index (χ3n) is 3.90. The first-order valence-corrected chi connectivity index (χ1v) is 5.91. The molecule has 2 nitrogen and oxygen atoms in total. The van der Waals surface area contributed by atoms with Gasteiger partial charge in [-0.25, -0.2) is 0 Å². The molecule has 0 aromatic carbocycles. The molecule has 1 atom stereocenters. The molecule has 0 amide bonds. The molecule has 2 fully saturated rings. The van der Waals surface area contributed by atoms with E-state index in [0.29, 0.717) is 18.9 Å². The van der Waals surface area contributed by atoms with Gasteiger partial charge in [-0.3, -0.25) is 4.79 Å². The zero-order valence-corrected chi connectivity index (χ0v) is 9.00. The summed E-state index contributed by atoms with van der Waals surface area (Å²) in [4.78, 5) is 10.9. The number of hydrogen-bond acceptors (Lipinski definition) is 2. The highest BCUT2D eigenvalue weighted by Gasteiger charge is 2.29. The maximum Gasteiger partial charge on any atom is 0.305 e. The number of esters is 1. The molecule has 0 spiro atoms. The molecule has 2 aliphatic rings. The van der Waals surface area contributed by atoms with Crippen LogP contribution in [0.4, 0.5) is 0 Å². The van der Waals surface area contributed by atoms with Crippen LogP contribution in [0.1, 0.15) is 45.4 Å². The van der Waals surface area contributed by atoms with Crippen molar-refractivity contribution in [2.75, 3.05) is 6.61 Å². The summed E-state index contributed by atoms with van der Waals surface area (Å²) in [5.74, 6) is 2.42. The summed E-state index contributed by atoms with van der Waals surface area (Å²) >= 11 is 0. The van der Waals surface area contributed by atoms with Crippen LogP contribution >= 0.6 is 0 Å². The van der Waals surface area contributed by atoms with E-state index in [1.165, 1.54) is 25.7 Å². The Morgan fingerprint density at radius 1 is 1.07 bits per heavy atom. The fourth-order valence-electron chi connectivity index (χ4n) is 2.79. The first-order valence-electron chi connectivity index (χ1n) is 5.91. The fraction of sp³-hybridized carbons (Fsp3) is 0.917. The lowest BCUT2D eigenvalue weighted by molar-refractivity contribution is -0.151. The monoisotopic (exact) mass is 196 g/mol. The van der Waals surface area contributed by atoms with Gasteiger partial charge < -0.3 is 4.74 Å². The van der Waals surface area contributed by atoms with E-state index in [2.05, 4.69) is 6.92 Å². The molecule has 1 heterocycles. The summed E-state index contributed by atoms with van der Waals surface area (Å²) in [5, 5.41) is 0. The Hall–Kier alpha value is -0.530. The predicted molar refractivity (Wildman–Crippen MR) is 54.8 cm³/mol. The van der Waals surface area contributed by atoms with Gasteiger partial charge >= 0.3 is 5.97 Å². The predicted octanol–water partition coefficient (Wildman–Crippen LogP) is 2.77. The van der Waals surface area contributed by atoms with Crippen molar-refractivity contribution in [2.45, 2.75) is 45.4 Å². The van der Waals surface area contributed by atoms with Gasteiger partial charge in [-0.05, 0) is 37.0 Å². The van der Waals surface area contributed by atoms with Gasteiger partial charge in [0.2, 0.25) is 0 Å². The highest BCUT2D eigenvalue weighted by Crippen LogP contribution is 2.36. The van der Waals surface area contributed by atoms with E-state index in [9.17, 15) is 4.79 Å². The van der Waals surface area contributed by atoms with E-state index in [1.807, 2.05) is 0 Å². The van der Waals surface area contributed by atoms with Gasteiger partial charge in [0, 0.05) is 6.42 Å². The number of ether oxygens (including phenoxy) is 1. The van der Waals surface area contributed by atoms with E-state index >= 15 is 0 Å². The summed E-state index contributed by atoms with van der Waals surface area (Å²) in [6, 6.07) is 0. The van der Waals surface area contributed by atoms with Gasteiger partial charge in [0.15, 0.2) is 0 Å². The molecule has 1 unspecified atom stereocenters. The maximum atomic E-state index is 10.9. The Labute approximate surface area is 86.0 Å². The highest BCUT2D eigenvalue weighted by atomic mass is 16.5. The second-order valence-electron chi connectivity index (χ2n) is 5.00. The Morgan fingerprint density at radius 3 is 2.36 bits per heavy atom. The second-order valence-corrected chi connectivity index (χ2v) is 5.00. The topological polar surface area (TPSA) is 26.3 Å². The summed E-state index contributed by atoms with van der Waals surface area (Å²) in [6.45, 7) is 3.04. The number of hydrogen-bond donors (Lipinski definition) is 0. The molecular formula is C12H20O2. The van der Waals surface area contributed by atoms with Crippen LogP contribution in [-0.4, -0.2) is 12.6 Å². The third-order valence-corrected chi connectivity index (χ3v) is 3.90. The third kappa shape index (κ3) is 2.28. The van der Waals surface area contributed by atoms with Crippen LogP contribution in [0.2, 0.25) is 0 Å². The average Bonchev–Trinajstić information content (AvgIpc) is 2.21. The van der Waals surface area contributed by atoms with E-state index < -0.39 is 0 Å². The van der Waals surface area contributed by atoms with Gasteiger partial charge in [-0.15, -0.1) is 0 Å². The fourth-order valence-corrected chi connectivity index (χ4v) is 2.79. The SMILES string of the molecule is CC1CCC(C2CCC(=O)OC2)CC1. The molecule has 14 heavy (non-hydrogen) atoms. The molecule has 1 saturated carbocycles. The molecule has 0 aromatic rings. The van der Waals surface area contributed by atoms with E-state index in [1.54, 1.807) is 0 Å². The molecule has 0 radical (unpaired) electrons. The van der Waals surface area contributed by atoms with Crippen molar-refractivity contribution in [1.29, 1.82) is 0 Å². The van der Waals surface area contributed by atoms with Crippen LogP contribution in [0.5, 0.6) is 0 Å². The van der Waals surface area contributed by atoms with Crippen molar-refractivity contribution in [1.82, 2.24) is 0 Å². The Bertz CT molecular complexity index is 194. The first-order chi connectivity index (χ1) is 6.75. The second kappa shape index (κ2) is 4.33. The smallest absolute Gasteiger partial charge is 0.305 e. The molecule has 1 aliphatic heterocycles. The van der Waals surface area contributed by atoms with Crippen LogP contribution in [0, 0.1) is 17.8 Å². The number of carbonyl (C=O) groups is 1. The molecule has 0 N–H and O–H groups in total. The van der Waals surface area contributed by atoms with Crippen LogP contribution in [0.15, 0.2) is 0 Å². The van der Waals surface area contributed by atoms with Gasteiger partial charge in [-0.1, -0.05) is 19.8 Å². The number of rotatable bonds is 1. The maximum absolute atomic E-state index is 10.9. The summed E-state index contributed by atoms with van der Waals surface area (Å²) in [6.07, 6.45) is 7.16. The van der Waals surface area contributed by atoms with Crippen LogP contribution in [-0.2, 0) is 9.53 Å². The first kappa shape index (κ1) is 10.0. The van der Waals surface area contributed by atoms with Crippen molar-refractivity contribution >= 4 is 5.97 Å². The summed E-state index contributed by atoms with van der Waals surface area (Å²) in [7, 11) is 0. The molecule has 0 aromatic heterocycles. The van der Waals surface area contributed by atoms with Crippen LogP contribution < -0.4 is 0 Å².